The molecule has 1 amide bonds. The number of amides is 1. The van der Waals surface area contributed by atoms with Crippen molar-refractivity contribution in [3.05, 3.63) is 59.7 Å². The number of nitrogen functional groups attached to an aromatic ring is 1. The molecule has 0 unspecified atom stereocenters. The monoisotopic (exact) mass is 310 g/mol. The third-order valence-corrected chi connectivity index (χ3v) is 3.89. The molecule has 0 aliphatic heterocycles. The molecule has 4 heteroatoms. The number of nitrogens with two attached hydrogens (primary N) is 1. The summed E-state index contributed by atoms with van der Waals surface area (Å²) in [6.07, 6.45) is 3.43. The third-order valence-electron chi connectivity index (χ3n) is 3.89. The summed E-state index contributed by atoms with van der Waals surface area (Å²) in [6, 6.07) is 16.1. The van der Waals surface area contributed by atoms with E-state index >= 15 is 0 Å². The first kappa shape index (κ1) is 15.4. The van der Waals surface area contributed by atoms with E-state index in [2.05, 4.69) is 5.32 Å². The van der Waals surface area contributed by atoms with Gasteiger partial charge in [0.25, 0.3) is 0 Å². The van der Waals surface area contributed by atoms with Gasteiger partial charge in [-0.05, 0) is 42.5 Å². The van der Waals surface area contributed by atoms with Crippen molar-refractivity contribution in [1.29, 1.82) is 0 Å². The largest absolute Gasteiger partial charge is 0.487 e. The van der Waals surface area contributed by atoms with Crippen molar-refractivity contribution in [3.8, 4) is 5.75 Å². The topological polar surface area (TPSA) is 64.4 Å². The van der Waals surface area contributed by atoms with Crippen molar-refractivity contribution in [2.24, 2.45) is 0 Å². The Morgan fingerprint density at radius 1 is 1.13 bits per heavy atom. The zero-order chi connectivity index (χ0) is 16.1. The van der Waals surface area contributed by atoms with Gasteiger partial charge in [-0.1, -0.05) is 36.4 Å². The van der Waals surface area contributed by atoms with Crippen LogP contribution in [-0.4, -0.2) is 11.9 Å². The highest BCUT2D eigenvalue weighted by molar-refractivity contribution is 5.76. The van der Waals surface area contributed by atoms with Crippen molar-refractivity contribution in [1.82, 2.24) is 5.32 Å². The van der Waals surface area contributed by atoms with Gasteiger partial charge in [0.15, 0.2) is 0 Å². The number of nitrogens with one attached hydrogen (secondary N) is 1. The van der Waals surface area contributed by atoms with Crippen molar-refractivity contribution in [2.45, 2.75) is 38.3 Å². The molecule has 1 aliphatic carbocycles. The molecule has 0 bridgehead atoms. The molecule has 1 aliphatic rings. The number of hydrogen-bond donors (Lipinski definition) is 2. The molecule has 0 aromatic heterocycles. The normalized spacial score (nSPS) is 13.6. The molecule has 2 aromatic rings. The Balaban J connectivity index is 1.51. The van der Waals surface area contributed by atoms with Crippen LogP contribution in [0.15, 0.2) is 48.5 Å². The first-order valence-electron chi connectivity index (χ1n) is 8.05. The number of carbonyl (C=O) groups is 1. The molecule has 1 saturated carbocycles. The average molecular weight is 310 g/mol. The summed E-state index contributed by atoms with van der Waals surface area (Å²) >= 11 is 0. The minimum Gasteiger partial charge on any atom is -0.487 e. The Hall–Kier alpha value is -2.49. The molecule has 23 heavy (non-hydrogen) atoms. The fourth-order valence-electron chi connectivity index (χ4n) is 2.41. The summed E-state index contributed by atoms with van der Waals surface area (Å²) in [7, 11) is 0. The van der Waals surface area contributed by atoms with Crippen LogP contribution in [0.1, 0.15) is 30.4 Å². The fraction of sp³-hybridized carbons (Fsp3) is 0.316. The molecule has 120 valence electrons. The van der Waals surface area contributed by atoms with Gasteiger partial charge in [-0.2, -0.15) is 0 Å². The maximum Gasteiger partial charge on any atom is 0.220 e. The molecular formula is C19H22N2O2. The second-order valence-electron chi connectivity index (χ2n) is 5.99. The number of benzene rings is 2. The highest BCUT2D eigenvalue weighted by atomic mass is 16.5. The number of rotatable bonds is 7. The molecule has 0 heterocycles. The fourth-order valence-corrected chi connectivity index (χ4v) is 2.41. The van der Waals surface area contributed by atoms with Gasteiger partial charge < -0.3 is 15.8 Å². The van der Waals surface area contributed by atoms with Crippen LogP contribution in [0, 0.1) is 0 Å². The van der Waals surface area contributed by atoms with Crippen molar-refractivity contribution in [3.63, 3.8) is 0 Å². The molecule has 3 rings (SSSR count). The maximum absolute atomic E-state index is 11.7. The van der Waals surface area contributed by atoms with E-state index in [1.807, 2.05) is 48.5 Å². The SMILES string of the molecule is Nc1cc(CCC(=O)NC2CC2)ccc1OCc1ccccc1. The lowest BCUT2D eigenvalue weighted by atomic mass is 10.1. The third kappa shape index (κ3) is 4.74. The number of carbonyl (C=O) groups excluding carboxylic acids is 1. The second-order valence-corrected chi connectivity index (χ2v) is 5.99. The second kappa shape index (κ2) is 7.18. The van der Waals surface area contributed by atoms with Crippen LogP contribution in [0.5, 0.6) is 5.75 Å². The highest BCUT2D eigenvalue weighted by Crippen LogP contribution is 2.24. The quantitative estimate of drug-likeness (QED) is 0.773. The van der Waals surface area contributed by atoms with E-state index in [1.54, 1.807) is 0 Å². The van der Waals surface area contributed by atoms with Crippen molar-refractivity contribution in [2.75, 3.05) is 5.73 Å². The lowest BCUT2D eigenvalue weighted by Crippen LogP contribution is -2.25. The van der Waals surface area contributed by atoms with Gasteiger partial charge in [-0.25, -0.2) is 0 Å². The smallest absolute Gasteiger partial charge is 0.220 e. The van der Waals surface area contributed by atoms with Gasteiger partial charge in [-0.3, -0.25) is 4.79 Å². The molecule has 4 nitrogen and oxygen atoms in total. The van der Waals surface area contributed by atoms with Crippen LogP contribution >= 0.6 is 0 Å². The van der Waals surface area contributed by atoms with Crippen LogP contribution in [0.2, 0.25) is 0 Å². The number of hydrogen-bond acceptors (Lipinski definition) is 3. The van der Waals surface area contributed by atoms with Gasteiger partial charge in [0.05, 0.1) is 5.69 Å². The Labute approximate surface area is 136 Å². The Bertz CT molecular complexity index is 666. The molecular weight excluding hydrogens is 288 g/mol. The Morgan fingerprint density at radius 2 is 1.91 bits per heavy atom. The molecule has 0 atom stereocenters. The van der Waals surface area contributed by atoms with Crippen LogP contribution in [0.25, 0.3) is 0 Å². The summed E-state index contributed by atoms with van der Waals surface area (Å²) in [6.45, 7) is 0.494. The lowest BCUT2D eigenvalue weighted by Gasteiger charge is -2.11. The van der Waals surface area contributed by atoms with Gasteiger partial charge in [0.1, 0.15) is 12.4 Å². The first-order chi connectivity index (χ1) is 11.2. The van der Waals surface area contributed by atoms with Crippen LogP contribution < -0.4 is 15.8 Å². The van der Waals surface area contributed by atoms with Gasteiger partial charge in [0, 0.05) is 12.5 Å². The van der Waals surface area contributed by atoms with Gasteiger partial charge in [-0.15, -0.1) is 0 Å². The lowest BCUT2D eigenvalue weighted by molar-refractivity contribution is -0.121. The molecule has 2 aromatic carbocycles. The van der Waals surface area contributed by atoms with E-state index in [0.717, 1.165) is 24.0 Å². The Kier molecular flexibility index (Phi) is 4.81. The maximum atomic E-state index is 11.7. The summed E-state index contributed by atoms with van der Waals surface area (Å²) in [5, 5.41) is 2.99. The predicted octanol–water partition coefficient (Wildman–Crippen LogP) is 3.06. The predicted molar refractivity (Wildman–Crippen MR) is 91.1 cm³/mol. The van der Waals surface area contributed by atoms with E-state index in [9.17, 15) is 4.79 Å². The average Bonchev–Trinajstić information content (AvgIpc) is 3.37. The molecule has 0 saturated heterocycles. The van der Waals surface area contributed by atoms with E-state index in [1.165, 1.54) is 0 Å². The zero-order valence-corrected chi connectivity index (χ0v) is 13.1. The first-order valence-corrected chi connectivity index (χ1v) is 8.05. The summed E-state index contributed by atoms with van der Waals surface area (Å²) in [5.74, 6) is 0.801. The summed E-state index contributed by atoms with van der Waals surface area (Å²) in [5.41, 5.74) is 8.83. The van der Waals surface area contributed by atoms with E-state index in [0.29, 0.717) is 36.9 Å². The number of ether oxygens (including phenoxy) is 1. The number of aryl methyl sites for hydroxylation is 1. The summed E-state index contributed by atoms with van der Waals surface area (Å²) in [4.78, 5) is 11.7. The van der Waals surface area contributed by atoms with E-state index < -0.39 is 0 Å². The standard InChI is InChI=1S/C19H22N2O2/c20-17-12-14(7-11-19(22)21-16-8-9-16)6-10-18(17)23-13-15-4-2-1-3-5-15/h1-6,10,12,16H,7-9,11,13,20H2,(H,21,22). The molecule has 1 fully saturated rings. The molecule has 0 spiro atoms. The van der Waals surface area contributed by atoms with Crippen molar-refractivity contribution < 1.29 is 9.53 Å². The summed E-state index contributed by atoms with van der Waals surface area (Å²) < 4.78 is 5.76. The molecule has 0 radical (unpaired) electrons. The van der Waals surface area contributed by atoms with Crippen LogP contribution in [-0.2, 0) is 17.8 Å². The van der Waals surface area contributed by atoms with E-state index in [4.69, 9.17) is 10.5 Å². The van der Waals surface area contributed by atoms with Gasteiger partial charge >= 0.3 is 0 Å². The number of anilines is 1. The van der Waals surface area contributed by atoms with E-state index in [-0.39, 0.29) is 5.91 Å². The van der Waals surface area contributed by atoms with Crippen LogP contribution in [0.3, 0.4) is 0 Å². The molecule has 3 N–H and O–H groups in total. The minimum atomic E-state index is 0.121. The highest BCUT2D eigenvalue weighted by Gasteiger charge is 2.22. The van der Waals surface area contributed by atoms with Gasteiger partial charge in [0.2, 0.25) is 5.91 Å². The minimum absolute atomic E-state index is 0.121. The Morgan fingerprint density at radius 3 is 2.61 bits per heavy atom. The van der Waals surface area contributed by atoms with Crippen LogP contribution in [0.4, 0.5) is 5.69 Å². The zero-order valence-electron chi connectivity index (χ0n) is 13.1. The van der Waals surface area contributed by atoms with Crippen molar-refractivity contribution >= 4 is 11.6 Å².